The van der Waals surface area contributed by atoms with Crippen molar-refractivity contribution in [2.45, 2.75) is 13.0 Å². The van der Waals surface area contributed by atoms with Gasteiger partial charge in [0, 0.05) is 13.1 Å². The van der Waals surface area contributed by atoms with E-state index in [4.69, 9.17) is 5.73 Å². The van der Waals surface area contributed by atoms with Crippen LogP contribution in [-0.4, -0.2) is 15.7 Å². The fraction of sp³-hybridized carbons (Fsp3) is 0.231. The molecule has 1 amide bonds. The summed E-state index contributed by atoms with van der Waals surface area (Å²) < 4.78 is 1.47. The minimum Gasteiger partial charge on any atom is -0.384 e. The van der Waals surface area contributed by atoms with Crippen molar-refractivity contribution in [2.24, 2.45) is 7.05 Å². The molecule has 0 saturated heterocycles. The van der Waals surface area contributed by atoms with Gasteiger partial charge in [-0.15, -0.1) is 0 Å². The van der Waals surface area contributed by atoms with Crippen LogP contribution in [0.4, 0.5) is 5.82 Å². The number of aryl methyl sites for hydroxylation is 1. The van der Waals surface area contributed by atoms with Crippen LogP contribution in [0.3, 0.4) is 0 Å². The monoisotopic (exact) mass is 244 g/mol. The van der Waals surface area contributed by atoms with Crippen molar-refractivity contribution in [2.75, 3.05) is 5.73 Å². The molecule has 0 unspecified atom stereocenters. The summed E-state index contributed by atoms with van der Waals surface area (Å²) in [4.78, 5) is 12.0. The molecule has 5 heteroatoms. The van der Waals surface area contributed by atoms with Crippen molar-refractivity contribution >= 4 is 11.7 Å². The zero-order valence-corrected chi connectivity index (χ0v) is 10.4. The molecule has 1 atom stereocenters. The molecule has 1 aromatic heterocycles. The zero-order valence-electron chi connectivity index (χ0n) is 10.4. The molecule has 2 aromatic rings. The van der Waals surface area contributed by atoms with E-state index in [0.29, 0.717) is 11.5 Å². The summed E-state index contributed by atoms with van der Waals surface area (Å²) in [6.45, 7) is 1.93. The lowest BCUT2D eigenvalue weighted by Gasteiger charge is -2.12. The Morgan fingerprint density at radius 3 is 2.61 bits per heavy atom. The predicted octanol–water partition coefficient (Wildman–Crippen LogP) is 1.49. The lowest BCUT2D eigenvalue weighted by Crippen LogP contribution is -2.27. The Morgan fingerprint density at radius 1 is 1.39 bits per heavy atom. The topological polar surface area (TPSA) is 72.9 Å². The summed E-state index contributed by atoms with van der Waals surface area (Å²) in [5, 5.41) is 6.92. The number of carbonyl (C=O) groups is 1. The molecule has 0 bridgehead atoms. The van der Waals surface area contributed by atoms with Gasteiger partial charge in [-0.3, -0.25) is 9.48 Å². The van der Waals surface area contributed by atoms with Gasteiger partial charge in [0.25, 0.3) is 5.91 Å². The maximum absolute atomic E-state index is 12.0. The second kappa shape index (κ2) is 4.91. The number of nitrogen functional groups attached to an aromatic ring is 1. The van der Waals surface area contributed by atoms with Gasteiger partial charge in [0.05, 0.1) is 6.04 Å². The molecule has 1 heterocycles. The van der Waals surface area contributed by atoms with Gasteiger partial charge >= 0.3 is 0 Å². The third kappa shape index (κ3) is 2.51. The van der Waals surface area contributed by atoms with Crippen LogP contribution < -0.4 is 11.1 Å². The molecule has 18 heavy (non-hydrogen) atoms. The number of hydrogen-bond donors (Lipinski definition) is 2. The van der Waals surface area contributed by atoms with Gasteiger partial charge in [0.2, 0.25) is 0 Å². The highest BCUT2D eigenvalue weighted by molar-refractivity contribution is 5.93. The first kappa shape index (κ1) is 12.2. The predicted molar refractivity (Wildman–Crippen MR) is 69.9 cm³/mol. The highest BCUT2D eigenvalue weighted by atomic mass is 16.2. The largest absolute Gasteiger partial charge is 0.384 e. The maximum Gasteiger partial charge on any atom is 0.272 e. The summed E-state index contributed by atoms with van der Waals surface area (Å²) in [6, 6.07) is 11.3. The molecule has 2 rings (SSSR count). The molecule has 0 aliphatic heterocycles. The molecule has 0 saturated carbocycles. The van der Waals surface area contributed by atoms with E-state index >= 15 is 0 Å². The van der Waals surface area contributed by atoms with Crippen LogP contribution >= 0.6 is 0 Å². The summed E-state index contributed by atoms with van der Waals surface area (Å²) >= 11 is 0. The van der Waals surface area contributed by atoms with E-state index in [0.717, 1.165) is 5.56 Å². The first-order chi connectivity index (χ1) is 8.58. The number of carbonyl (C=O) groups excluding carboxylic acids is 1. The van der Waals surface area contributed by atoms with E-state index < -0.39 is 0 Å². The van der Waals surface area contributed by atoms with Crippen LogP contribution in [0.15, 0.2) is 36.4 Å². The molecule has 0 aliphatic rings. The first-order valence-corrected chi connectivity index (χ1v) is 5.73. The van der Waals surface area contributed by atoms with E-state index in [1.165, 1.54) is 4.68 Å². The van der Waals surface area contributed by atoms with Gasteiger partial charge < -0.3 is 11.1 Å². The zero-order chi connectivity index (χ0) is 13.1. The lowest BCUT2D eigenvalue weighted by atomic mass is 10.1. The second-order valence-electron chi connectivity index (χ2n) is 4.18. The number of nitrogens with zero attached hydrogens (tertiary/aromatic N) is 2. The normalized spacial score (nSPS) is 12.1. The minimum atomic E-state index is -0.223. The Bertz CT molecular complexity index is 528. The first-order valence-electron chi connectivity index (χ1n) is 5.73. The van der Waals surface area contributed by atoms with Crippen LogP contribution in [-0.2, 0) is 7.05 Å². The molecule has 0 fully saturated rings. The summed E-state index contributed by atoms with van der Waals surface area (Å²) in [5.74, 6) is 0.242. The average Bonchev–Trinajstić information content (AvgIpc) is 2.71. The van der Waals surface area contributed by atoms with Crippen molar-refractivity contribution in [3.63, 3.8) is 0 Å². The van der Waals surface area contributed by atoms with Crippen LogP contribution in [0.5, 0.6) is 0 Å². The highest BCUT2D eigenvalue weighted by Gasteiger charge is 2.14. The van der Waals surface area contributed by atoms with E-state index in [-0.39, 0.29) is 11.9 Å². The number of hydrogen-bond acceptors (Lipinski definition) is 3. The van der Waals surface area contributed by atoms with Gasteiger partial charge in [-0.25, -0.2) is 0 Å². The van der Waals surface area contributed by atoms with Crippen LogP contribution in [0.2, 0.25) is 0 Å². The smallest absolute Gasteiger partial charge is 0.272 e. The molecular formula is C13H16N4O. The van der Waals surface area contributed by atoms with Crippen molar-refractivity contribution in [1.29, 1.82) is 0 Å². The fourth-order valence-corrected chi connectivity index (χ4v) is 1.69. The Kier molecular flexibility index (Phi) is 3.32. The Labute approximate surface area is 106 Å². The van der Waals surface area contributed by atoms with Crippen LogP contribution in [0, 0.1) is 0 Å². The minimum absolute atomic E-state index is 0.0677. The van der Waals surface area contributed by atoms with E-state index in [9.17, 15) is 4.79 Å². The maximum atomic E-state index is 12.0. The molecule has 0 aliphatic carbocycles. The number of nitrogens with one attached hydrogen (secondary N) is 1. The quantitative estimate of drug-likeness (QED) is 0.859. The molecule has 0 radical (unpaired) electrons. The fourth-order valence-electron chi connectivity index (χ4n) is 1.69. The Balaban J connectivity index is 2.08. The SMILES string of the molecule is C[C@@H](NC(=O)c1cc(N)n(C)n1)c1ccccc1. The van der Waals surface area contributed by atoms with Crippen LogP contribution in [0.1, 0.15) is 29.0 Å². The number of aromatic nitrogens is 2. The van der Waals surface area contributed by atoms with Gasteiger partial charge in [0.15, 0.2) is 5.69 Å². The molecule has 1 aromatic carbocycles. The van der Waals surface area contributed by atoms with Crippen molar-refractivity contribution in [1.82, 2.24) is 15.1 Å². The highest BCUT2D eigenvalue weighted by Crippen LogP contribution is 2.12. The number of rotatable bonds is 3. The number of nitrogens with two attached hydrogens (primary N) is 1. The van der Waals surface area contributed by atoms with Crippen molar-refractivity contribution < 1.29 is 4.79 Å². The summed E-state index contributed by atoms with van der Waals surface area (Å²) in [7, 11) is 1.70. The summed E-state index contributed by atoms with van der Waals surface area (Å²) in [5.41, 5.74) is 7.02. The second-order valence-corrected chi connectivity index (χ2v) is 4.18. The number of amides is 1. The standard InChI is InChI=1S/C13H16N4O/c1-9(10-6-4-3-5-7-10)15-13(18)11-8-12(14)17(2)16-11/h3-9H,14H2,1-2H3,(H,15,18)/t9-/m1/s1. The van der Waals surface area contributed by atoms with Crippen LogP contribution in [0.25, 0.3) is 0 Å². The third-order valence-corrected chi connectivity index (χ3v) is 2.80. The van der Waals surface area contributed by atoms with Crippen molar-refractivity contribution in [3.05, 3.63) is 47.7 Å². The third-order valence-electron chi connectivity index (χ3n) is 2.80. The van der Waals surface area contributed by atoms with E-state index in [1.807, 2.05) is 37.3 Å². The van der Waals surface area contributed by atoms with Gasteiger partial charge in [-0.2, -0.15) is 5.10 Å². The Morgan fingerprint density at radius 2 is 2.06 bits per heavy atom. The van der Waals surface area contributed by atoms with Gasteiger partial charge in [-0.05, 0) is 12.5 Å². The number of anilines is 1. The van der Waals surface area contributed by atoms with Gasteiger partial charge in [-0.1, -0.05) is 30.3 Å². The Hall–Kier alpha value is -2.30. The molecule has 94 valence electrons. The molecule has 5 nitrogen and oxygen atoms in total. The van der Waals surface area contributed by atoms with Crippen molar-refractivity contribution in [3.8, 4) is 0 Å². The summed E-state index contributed by atoms with van der Waals surface area (Å²) in [6.07, 6.45) is 0. The lowest BCUT2D eigenvalue weighted by molar-refractivity contribution is 0.0934. The van der Waals surface area contributed by atoms with Gasteiger partial charge in [0.1, 0.15) is 5.82 Å². The average molecular weight is 244 g/mol. The number of benzene rings is 1. The van der Waals surface area contributed by atoms with E-state index in [2.05, 4.69) is 10.4 Å². The molecular weight excluding hydrogens is 228 g/mol. The molecule has 3 N–H and O–H groups in total. The van der Waals surface area contributed by atoms with E-state index in [1.54, 1.807) is 13.1 Å². The molecule has 0 spiro atoms.